The molecule has 1 aliphatic heterocycles. The molecule has 0 radical (unpaired) electrons. The van der Waals surface area contributed by atoms with Crippen molar-refractivity contribution in [1.29, 1.82) is 0 Å². The first-order valence-corrected chi connectivity index (χ1v) is 11.6. The Hall–Kier alpha value is -0.306. The van der Waals surface area contributed by atoms with Gasteiger partial charge in [-0.25, -0.2) is 0 Å². The van der Waals surface area contributed by atoms with E-state index in [0.717, 1.165) is 43.6 Å². The second-order valence-corrected chi connectivity index (χ2v) is 8.98. The number of hydrogen-bond donors (Lipinski definition) is 0. The second-order valence-electron chi connectivity index (χ2n) is 5.78. The van der Waals surface area contributed by atoms with Crippen molar-refractivity contribution in [3.8, 4) is 0 Å². The van der Waals surface area contributed by atoms with Gasteiger partial charge in [-0.05, 0) is 0 Å². The van der Waals surface area contributed by atoms with Crippen molar-refractivity contribution in [3.05, 3.63) is 0 Å². The number of hydrogen-bond acceptors (Lipinski definition) is 6. The van der Waals surface area contributed by atoms with Crippen molar-refractivity contribution in [2.75, 3.05) is 19.8 Å². The van der Waals surface area contributed by atoms with Crippen LogP contribution < -0.4 is 0 Å². The van der Waals surface area contributed by atoms with Crippen molar-refractivity contribution >= 4 is 11.8 Å². The van der Waals surface area contributed by atoms with E-state index in [1.807, 2.05) is 0 Å². The Bertz CT molecular complexity index is 350. The summed E-state index contributed by atoms with van der Waals surface area (Å²) in [7, 11) is 0. The molecule has 0 aromatic heterocycles. The molecular weight excluding hydrogens is 350 g/mol. The van der Waals surface area contributed by atoms with Crippen LogP contribution in [0, 0.1) is 0 Å². The van der Waals surface area contributed by atoms with Crippen LogP contribution in [0.2, 0.25) is 0 Å². The fourth-order valence-corrected chi connectivity index (χ4v) is 5.15. The number of amides is 2. The summed E-state index contributed by atoms with van der Waals surface area (Å²) in [5.41, 5.74) is 0. The fraction of sp³-hybridized carbons (Fsp3) is 0.875. The van der Waals surface area contributed by atoms with Gasteiger partial charge in [0.2, 0.25) is 0 Å². The van der Waals surface area contributed by atoms with Crippen molar-refractivity contribution in [3.63, 3.8) is 0 Å². The van der Waals surface area contributed by atoms with E-state index >= 15 is 0 Å². The molecule has 1 heterocycles. The normalized spacial score (nSPS) is 15.5. The summed E-state index contributed by atoms with van der Waals surface area (Å²) >= 11 is -4.18. The van der Waals surface area contributed by atoms with E-state index in [2.05, 4.69) is 20.8 Å². The molecule has 1 rings (SSSR count). The van der Waals surface area contributed by atoms with Crippen LogP contribution in [-0.4, -0.2) is 36.7 Å². The number of unbranched alkanes of at least 4 members (excludes halogenated alkanes) is 3. The Morgan fingerprint density at radius 2 is 1.17 bits per heavy atom. The number of hydroxylamine groups is 2. The zero-order chi connectivity index (χ0) is 17.8. The number of rotatable bonds is 14. The minimum absolute atomic E-state index is 0.163. The first-order valence-electron chi connectivity index (χ1n) is 9.05. The molecule has 0 aromatic rings. The molecule has 8 heteroatoms. The zero-order valence-electron chi connectivity index (χ0n) is 15.2. The van der Waals surface area contributed by atoms with Gasteiger partial charge in [0.1, 0.15) is 0 Å². The van der Waals surface area contributed by atoms with Gasteiger partial charge >= 0.3 is 150 Å². The quantitative estimate of drug-likeness (QED) is 0.261. The van der Waals surface area contributed by atoms with E-state index < -0.39 is 18.1 Å². The van der Waals surface area contributed by atoms with Crippen LogP contribution in [0.25, 0.3) is 0 Å². The molecule has 1 fully saturated rings. The fourth-order valence-electron chi connectivity index (χ4n) is 2.00. The van der Waals surface area contributed by atoms with Crippen LogP contribution in [0.4, 0.5) is 0 Å². The van der Waals surface area contributed by atoms with Crippen LogP contribution in [-0.2, 0) is 41.1 Å². The molecule has 0 unspecified atom stereocenters. The third-order valence-corrected chi connectivity index (χ3v) is 6.79. The van der Waals surface area contributed by atoms with Crippen molar-refractivity contribution < 1.29 is 41.1 Å². The van der Waals surface area contributed by atoms with E-state index in [1.165, 1.54) is 0 Å². The predicted octanol–water partition coefficient (Wildman–Crippen LogP) is 3.33. The maximum atomic E-state index is 11.9. The average Bonchev–Trinajstić information content (AvgIpc) is 2.87. The molecule has 2 amide bonds. The molecule has 1 saturated heterocycles. The topological polar surface area (TPSA) is 74.3 Å². The van der Waals surface area contributed by atoms with Crippen LogP contribution >= 0.6 is 0 Å². The third kappa shape index (κ3) is 7.29. The molecule has 0 aliphatic carbocycles. The Morgan fingerprint density at radius 3 is 1.50 bits per heavy atom. The maximum absolute atomic E-state index is 11.9. The molecule has 1 aliphatic rings. The molecule has 0 atom stereocenters. The number of carbonyl (C=O) groups excluding carboxylic acids is 2. The summed E-state index contributed by atoms with van der Waals surface area (Å²) < 4.78 is 23.4. The Morgan fingerprint density at radius 1 is 0.792 bits per heavy atom. The van der Waals surface area contributed by atoms with E-state index in [9.17, 15) is 9.59 Å². The summed E-state index contributed by atoms with van der Waals surface area (Å²) in [5, 5.41) is 0.809. The van der Waals surface area contributed by atoms with Gasteiger partial charge in [0.25, 0.3) is 0 Å². The van der Waals surface area contributed by atoms with Crippen LogP contribution in [0.15, 0.2) is 0 Å². The van der Waals surface area contributed by atoms with Crippen LogP contribution in [0.5, 0.6) is 0 Å². The van der Waals surface area contributed by atoms with Gasteiger partial charge < -0.3 is 0 Å². The second kappa shape index (κ2) is 12.1. The molecule has 24 heavy (non-hydrogen) atoms. The first kappa shape index (κ1) is 21.7. The van der Waals surface area contributed by atoms with Gasteiger partial charge in [-0.3, -0.25) is 0 Å². The molecule has 140 valence electrons. The minimum atomic E-state index is -4.18. The molecule has 0 bridgehead atoms. The molecule has 7 nitrogen and oxygen atoms in total. The number of carbonyl (C=O) groups is 2. The summed E-state index contributed by atoms with van der Waals surface area (Å²) in [6.07, 6.45) is 5.73. The van der Waals surface area contributed by atoms with Crippen molar-refractivity contribution in [2.45, 2.75) is 72.1 Å². The predicted molar refractivity (Wildman–Crippen MR) is 84.8 cm³/mol. The van der Waals surface area contributed by atoms with Gasteiger partial charge in [0.05, 0.1) is 0 Å². The summed E-state index contributed by atoms with van der Waals surface area (Å²) in [5.74, 6) is -0.709. The standard InChI is InChI=1S/C4H4NO3.3C4H9O.Ti/c6-3-1-2-4(7)5(3)8;3*1-2-3-4-5;/h1-2H2;3*2-4H2,1H3;/q4*-1;+4. The summed E-state index contributed by atoms with van der Waals surface area (Å²) in [4.78, 5) is 23.8. The monoisotopic (exact) mass is 381 g/mol. The van der Waals surface area contributed by atoms with E-state index in [-0.39, 0.29) is 24.7 Å². The SMILES string of the molecule is CCCC[O][Ti]([O]CCCC)([O]CCCC)[O]N1C(=O)CCC1=O. The van der Waals surface area contributed by atoms with Crippen molar-refractivity contribution in [2.24, 2.45) is 0 Å². The van der Waals surface area contributed by atoms with Gasteiger partial charge in [-0.1, -0.05) is 0 Å². The van der Waals surface area contributed by atoms with Gasteiger partial charge in [0.15, 0.2) is 0 Å². The average molecular weight is 381 g/mol. The van der Waals surface area contributed by atoms with E-state index in [1.54, 1.807) is 0 Å². The molecular formula is C16H31NO6Ti. The molecule has 0 N–H and O–H groups in total. The van der Waals surface area contributed by atoms with Gasteiger partial charge in [-0.2, -0.15) is 0 Å². The summed E-state index contributed by atoms with van der Waals surface area (Å²) in [6, 6.07) is 0. The van der Waals surface area contributed by atoms with E-state index in [0.29, 0.717) is 19.8 Å². The van der Waals surface area contributed by atoms with Crippen LogP contribution in [0.1, 0.15) is 72.1 Å². The number of nitrogens with zero attached hydrogens (tertiary/aromatic N) is 1. The van der Waals surface area contributed by atoms with E-state index in [4.69, 9.17) is 13.4 Å². The third-order valence-electron chi connectivity index (χ3n) is 3.54. The zero-order valence-corrected chi connectivity index (χ0v) is 16.7. The number of imide groups is 1. The van der Waals surface area contributed by atoms with Crippen LogP contribution in [0.3, 0.4) is 0 Å². The Balaban J connectivity index is 2.83. The molecule has 0 saturated carbocycles. The Kier molecular flexibility index (Phi) is 11.0. The molecule has 0 spiro atoms. The van der Waals surface area contributed by atoms with Gasteiger partial charge in [-0.15, -0.1) is 0 Å². The Labute approximate surface area is 150 Å². The van der Waals surface area contributed by atoms with Crippen molar-refractivity contribution in [1.82, 2.24) is 5.06 Å². The molecule has 0 aromatic carbocycles. The first-order chi connectivity index (χ1) is 11.6. The summed E-state index contributed by atoms with van der Waals surface area (Å²) in [6.45, 7) is 7.48. The van der Waals surface area contributed by atoms with Gasteiger partial charge in [0, 0.05) is 0 Å².